The van der Waals surface area contributed by atoms with Crippen molar-refractivity contribution in [1.82, 2.24) is 0 Å². The summed E-state index contributed by atoms with van der Waals surface area (Å²) in [6.45, 7) is 11.8. The van der Waals surface area contributed by atoms with Crippen molar-refractivity contribution < 1.29 is 80.2 Å². The molecule has 2 unspecified atom stereocenters. The molecule has 0 heterocycles. The Morgan fingerprint density at radius 1 is 0.297 bits per heavy atom. The summed E-state index contributed by atoms with van der Waals surface area (Å²) in [5.41, 5.74) is 0. The van der Waals surface area contributed by atoms with E-state index in [0.717, 1.165) is 108 Å². The average molecular weight is 1340 g/mol. The van der Waals surface area contributed by atoms with Crippen molar-refractivity contribution >= 4 is 39.5 Å². The fraction of sp³-hybridized carbons (Fsp3) is 0.944. The van der Waals surface area contributed by atoms with Crippen molar-refractivity contribution in [2.45, 2.75) is 381 Å². The lowest BCUT2D eigenvalue weighted by Gasteiger charge is -2.21. The van der Waals surface area contributed by atoms with Crippen LogP contribution in [0.2, 0.25) is 0 Å². The van der Waals surface area contributed by atoms with Crippen LogP contribution in [0.4, 0.5) is 0 Å². The maximum atomic E-state index is 13.0. The van der Waals surface area contributed by atoms with Crippen LogP contribution in [0.3, 0.4) is 0 Å². The van der Waals surface area contributed by atoms with Gasteiger partial charge in [-0.25, -0.2) is 9.13 Å². The Hall–Kier alpha value is -1.94. The topological polar surface area (TPSA) is 237 Å². The number of phosphoric ester groups is 2. The minimum absolute atomic E-state index is 0.105. The maximum absolute atomic E-state index is 13.0. The van der Waals surface area contributed by atoms with Crippen LogP contribution < -0.4 is 0 Å². The van der Waals surface area contributed by atoms with Gasteiger partial charge in [0, 0.05) is 25.7 Å². The van der Waals surface area contributed by atoms with Crippen molar-refractivity contribution in [1.29, 1.82) is 0 Å². The van der Waals surface area contributed by atoms with Crippen LogP contribution >= 0.6 is 15.6 Å². The number of carbonyl (C=O) groups excluding carboxylic acids is 4. The van der Waals surface area contributed by atoms with Crippen LogP contribution in [0.25, 0.3) is 0 Å². The minimum Gasteiger partial charge on any atom is -0.462 e. The normalized spacial score (nSPS) is 14.2. The first-order valence-corrected chi connectivity index (χ1v) is 40.3. The molecule has 17 nitrogen and oxygen atoms in total. The Balaban J connectivity index is 5.22. The number of phosphoric acid groups is 2. The molecule has 0 bridgehead atoms. The van der Waals surface area contributed by atoms with Gasteiger partial charge in [0.25, 0.3) is 0 Å². The molecule has 91 heavy (non-hydrogen) atoms. The van der Waals surface area contributed by atoms with Crippen molar-refractivity contribution in [3.8, 4) is 0 Å². The van der Waals surface area contributed by atoms with E-state index in [0.29, 0.717) is 31.6 Å². The number of carbonyl (C=O) groups is 4. The average Bonchev–Trinajstić information content (AvgIpc) is 3.69. The fourth-order valence-corrected chi connectivity index (χ4v) is 12.5. The van der Waals surface area contributed by atoms with Gasteiger partial charge in [-0.3, -0.25) is 37.3 Å². The van der Waals surface area contributed by atoms with Crippen molar-refractivity contribution in [2.75, 3.05) is 39.6 Å². The quantitative estimate of drug-likeness (QED) is 0.0222. The van der Waals surface area contributed by atoms with E-state index in [4.69, 9.17) is 37.0 Å². The van der Waals surface area contributed by atoms with Crippen molar-refractivity contribution in [2.24, 2.45) is 17.8 Å². The number of unbranched alkanes of at least 4 members (excludes halogenated alkanes) is 38. The van der Waals surface area contributed by atoms with Gasteiger partial charge in [0.15, 0.2) is 12.2 Å². The monoisotopic (exact) mass is 1340 g/mol. The molecule has 0 radical (unpaired) electrons. The Morgan fingerprint density at radius 3 is 0.747 bits per heavy atom. The maximum Gasteiger partial charge on any atom is 0.472 e. The van der Waals surface area contributed by atoms with Crippen LogP contribution in [-0.4, -0.2) is 96.7 Å². The lowest BCUT2D eigenvalue weighted by atomic mass is 10.0. The molecule has 0 aliphatic rings. The zero-order valence-electron chi connectivity index (χ0n) is 59.3. The fourth-order valence-electron chi connectivity index (χ4n) is 10.9. The first-order valence-electron chi connectivity index (χ1n) is 37.3. The van der Waals surface area contributed by atoms with Gasteiger partial charge < -0.3 is 33.8 Å². The molecule has 3 N–H and O–H groups in total. The van der Waals surface area contributed by atoms with E-state index in [-0.39, 0.29) is 25.7 Å². The number of aliphatic hydroxyl groups is 1. The summed E-state index contributed by atoms with van der Waals surface area (Å²) in [7, 11) is -9.90. The Morgan fingerprint density at radius 2 is 0.505 bits per heavy atom. The minimum atomic E-state index is -4.95. The number of aliphatic hydroxyl groups excluding tert-OH is 1. The smallest absolute Gasteiger partial charge is 0.462 e. The second-order valence-corrected chi connectivity index (χ2v) is 30.3. The number of rotatable bonds is 70. The van der Waals surface area contributed by atoms with Gasteiger partial charge in [-0.05, 0) is 43.4 Å². The first kappa shape index (κ1) is 89.1. The Labute approximate surface area is 556 Å². The van der Waals surface area contributed by atoms with Gasteiger partial charge in [-0.15, -0.1) is 0 Å². The summed E-state index contributed by atoms with van der Waals surface area (Å²) in [5, 5.41) is 10.6. The van der Waals surface area contributed by atoms with Gasteiger partial charge in [-0.2, -0.15) is 0 Å². The number of esters is 4. The van der Waals surface area contributed by atoms with Crippen LogP contribution in [0.15, 0.2) is 0 Å². The molecule has 5 atom stereocenters. The predicted octanol–water partition coefficient (Wildman–Crippen LogP) is 20.6. The Bertz CT molecular complexity index is 1780. The predicted molar refractivity (Wildman–Crippen MR) is 368 cm³/mol. The van der Waals surface area contributed by atoms with Crippen molar-refractivity contribution in [3.05, 3.63) is 0 Å². The molecule has 0 aliphatic carbocycles. The van der Waals surface area contributed by atoms with Crippen LogP contribution in [0, 0.1) is 17.8 Å². The van der Waals surface area contributed by atoms with E-state index in [2.05, 4.69) is 48.5 Å². The van der Waals surface area contributed by atoms with E-state index < -0.39 is 97.5 Å². The number of ether oxygens (including phenoxy) is 4. The zero-order valence-corrected chi connectivity index (χ0v) is 61.1. The molecule has 0 amide bonds. The van der Waals surface area contributed by atoms with E-state index in [1.165, 1.54) is 167 Å². The van der Waals surface area contributed by atoms with E-state index in [1.807, 2.05) is 0 Å². The molecule has 0 saturated carbocycles. The van der Waals surface area contributed by atoms with Gasteiger partial charge in [-0.1, -0.05) is 312 Å². The highest BCUT2D eigenvalue weighted by Crippen LogP contribution is 2.45. The second kappa shape index (κ2) is 62.8. The van der Waals surface area contributed by atoms with Crippen molar-refractivity contribution in [3.63, 3.8) is 0 Å². The number of hydrogen-bond donors (Lipinski definition) is 3. The second-order valence-electron chi connectivity index (χ2n) is 27.4. The third-order valence-corrected chi connectivity index (χ3v) is 18.5. The molecule has 19 heteroatoms. The van der Waals surface area contributed by atoms with E-state index >= 15 is 0 Å². The summed E-state index contributed by atoms with van der Waals surface area (Å²) in [4.78, 5) is 72.6. The third kappa shape index (κ3) is 66.5. The van der Waals surface area contributed by atoms with Gasteiger partial charge in [0.2, 0.25) is 0 Å². The van der Waals surface area contributed by atoms with E-state index in [9.17, 15) is 43.2 Å². The molecule has 0 rings (SSSR count). The highest BCUT2D eigenvalue weighted by Gasteiger charge is 2.30. The zero-order chi connectivity index (χ0) is 67.3. The molecular weight excluding hydrogens is 1200 g/mol. The number of hydrogen-bond acceptors (Lipinski definition) is 15. The molecule has 0 spiro atoms. The molecule has 0 aromatic heterocycles. The molecular formula is C72H140O17P2. The highest BCUT2D eigenvalue weighted by atomic mass is 31.2. The SMILES string of the molecule is CCCCCCCCCCCCC(=O)O[C@H](COC(=O)CCCCCCCCC(C)C)COP(=O)(O)OC[C@H](O)COP(=O)(O)OC[C@@H](COC(=O)CCCCCCCCCCCCCCCC(C)C)OC(=O)CCCCCCCCCCCCCCCC(C)C. The summed E-state index contributed by atoms with van der Waals surface area (Å²) in [6, 6.07) is 0. The lowest BCUT2D eigenvalue weighted by molar-refractivity contribution is -0.161. The summed E-state index contributed by atoms with van der Waals surface area (Å²) >= 11 is 0. The molecule has 0 fully saturated rings. The summed E-state index contributed by atoms with van der Waals surface area (Å²) in [5.74, 6) is 0.133. The molecule has 0 aromatic carbocycles. The van der Waals surface area contributed by atoms with Gasteiger partial charge in [0.1, 0.15) is 19.3 Å². The molecule has 0 aromatic rings. The summed E-state index contributed by atoms with van der Waals surface area (Å²) < 4.78 is 68.3. The lowest BCUT2D eigenvalue weighted by Crippen LogP contribution is -2.30. The Kier molecular flexibility index (Phi) is 61.5. The largest absolute Gasteiger partial charge is 0.472 e. The molecule has 0 aliphatic heterocycles. The van der Waals surface area contributed by atoms with Crippen LogP contribution in [0.1, 0.15) is 363 Å². The van der Waals surface area contributed by atoms with Crippen LogP contribution in [-0.2, 0) is 65.4 Å². The van der Waals surface area contributed by atoms with E-state index in [1.54, 1.807) is 0 Å². The first-order chi connectivity index (χ1) is 43.7. The standard InChI is InChI=1S/C72H140O17P2/c1-8-9-10-11-12-13-26-32-41-48-55-71(76)89-68(60-83-70(75)54-47-40-35-34-38-45-52-65(6)7)62-87-91(80,81)85-58-66(73)57-84-90(78,79)86-61-67(88-72(77)56-49-42-33-28-23-19-15-17-21-25-30-37-44-51-64(4)5)59-82-69(74)53-46-39-31-27-22-18-14-16-20-24-29-36-43-50-63(2)3/h63-68,73H,8-62H2,1-7H3,(H,78,79)(H,80,81)/t66-,67-,68-/m1/s1. The van der Waals surface area contributed by atoms with Crippen LogP contribution in [0.5, 0.6) is 0 Å². The van der Waals surface area contributed by atoms with Gasteiger partial charge >= 0.3 is 39.5 Å². The third-order valence-electron chi connectivity index (χ3n) is 16.6. The molecule has 540 valence electrons. The highest BCUT2D eigenvalue weighted by molar-refractivity contribution is 7.47. The summed E-state index contributed by atoms with van der Waals surface area (Å²) in [6.07, 6.45) is 47.3. The molecule has 0 saturated heterocycles. The van der Waals surface area contributed by atoms with Gasteiger partial charge in [0.05, 0.1) is 26.4 Å².